The third-order valence-electron chi connectivity index (χ3n) is 6.52. The first-order valence-corrected chi connectivity index (χ1v) is 11.2. The van der Waals surface area contributed by atoms with Crippen LogP contribution in [-0.2, 0) is 9.53 Å². The number of ether oxygens (including phenoxy) is 1. The molecule has 4 fully saturated rings. The van der Waals surface area contributed by atoms with Gasteiger partial charge >= 0.3 is 11.5 Å². The first-order chi connectivity index (χ1) is 12.9. The number of halogens is 3. The molecule has 0 spiro atoms. The molecule has 7 heteroatoms. The van der Waals surface area contributed by atoms with E-state index >= 15 is 0 Å². The monoisotopic (exact) mass is 406 g/mol. The Hall–Kier alpha value is -0.430. The molecule has 4 bridgehead atoms. The second-order valence-electron chi connectivity index (χ2n) is 8.84. The standard InChI is InChI=1S/C20H31F3NO2S/c21-20(22,23)27-24-7-5-3-1-2-4-6-8-26-18(25)19-12-15-9-16(13-19)11-17(10-15)14-19/h15-17H,1-14H2/q-1. The van der Waals surface area contributed by atoms with Crippen LogP contribution in [-0.4, -0.2) is 24.6 Å². The number of carbonyl (C=O) groups is 1. The van der Waals surface area contributed by atoms with Crippen LogP contribution < -0.4 is 0 Å². The lowest BCUT2D eigenvalue weighted by molar-refractivity contribution is -0.171. The maximum Gasteiger partial charge on any atom is 0.423 e. The lowest BCUT2D eigenvalue weighted by atomic mass is 9.49. The van der Waals surface area contributed by atoms with E-state index in [9.17, 15) is 18.0 Å². The minimum absolute atomic E-state index is 0.0605. The lowest BCUT2D eigenvalue weighted by Crippen LogP contribution is -2.50. The summed E-state index contributed by atoms with van der Waals surface area (Å²) in [5.74, 6) is 2.32. The average molecular weight is 407 g/mol. The smallest absolute Gasteiger partial charge is 0.423 e. The van der Waals surface area contributed by atoms with Gasteiger partial charge in [-0.1, -0.05) is 32.1 Å². The largest absolute Gasteiger partial charge is 0.599 e. The molecule has 27 heavy (non-hydrogen) atoms. The second-order valence-corrected chi connectivity index (χ2v) is 9.75. The Morgan fingerprint density at radius 1 is 0.926 bits per heavy atom. The van der Waals surface area contributed by atoms with E-state index < -0.39 is 5.51 Å². The number of carbonyl (C=O) groups excluding carboxylic acids is 1. The summed E-state index contributed by atoms with van der Waals surface area (Å²) in [6.07, 6.45) is 12.6. The van der Waals surface area contributed by atoms with Crippen LogP contribution in [0.25, 0.3) is 4.72 Å². The van der Waals surface area contributed by atoms with Gasteiger partial charge in [0.15, 0.2) is 0 Å². The van der Waals surface area contributed by atoms with Gasteiger partial charge in [0.05, 0.1) is 12.0 Å². The van der Waals surface area contributed by atoms with Crippen LogP contribution in [0.1, 0.15) is 77.0 Å². The van der Waals surface area contributed by atoms with E-state index in [4.69, 9.17) is 4.74 Å². The van der Waals surface area contributed by atoms with Gasteiger partial charge in [-0.3, -0.25) is 4.79 Å². The van der Waals surface area contributed by atoms with Gasteiger partial charge in [0, 0.05) is 0 Å². The zero-order valence-electron chi connectivity index (χ0n) is 15.9. The minimum atomic E-state index is -4.26. The fourth-order valence-electron chi connectivity index (χ4n) is 5.78. The average Bonchev–Trinajstić information content (AvgIpc) is 2.57. The Bertz CT molecular complexity index is 463. The van der Waals surface area contributed by atoms with E-state index in [0.717, 1.165) is 69.1 Å². The number of nitrogens with zero attached hydrogens (tertiary/aromatic N) is 1. The summed E-state index contributed by atoms with van der Waals surface area (Å²) in [5, 5.41) is 0. The highest BCUT2D eigenvalue weighted by molar-refractivity contribution is 8.02. The summed E-state index contributed by atoms with van der Waals surface area (Å²) in [6.45, 7) is 0.769. The van der Waals surface area contributed by atoms with Crippen LogP contribution in [0.5, 0.6) is 0 Å². The first-order valence-electron chi connectivity index (χ1n) is 10.5. The van der Waals surface area contributed by atoms with Crippen molar-refractivity contribution in [1.29, 1.82) is 0 Å². The van der Waals surface area contributed by atoms with Gasteiger partial charge in [-0.25, -0.2) is 0 Å². The molecule has 0 aliphatic heterocycles. The van der Waals surface area contributed by atoms with Gasteiger partial charge in [0.2, 0.25) is 0 Å². The SMILES string of the molecule is O=C(OCCCCCCCC[N-]SC(F)(F)F)C12CC3CC(CC(C3)C1)C2. The molecule has 0 aromatic carbocycles. The molecule has 0 heterocycles. The van der Waals surface area contributed by atoms with E-state index in [1.165, 1.54) is 19.3 Å². The summed E-state index contributed by atoms with van der Waals surface area (Å²) in [6, 6.07) is 0. The number of hydrogen-bond acceptors (Lipinski definition) is 3. The van der Waals surface area contributed by atoms with Crippen molar-refractivity contribution in [2.24, 2.45) is 23.2 Å². The van der Waals surface area contributed by atoms with Crippen molar-refractivity contribution in [3.63, 3.8) is 0 Å². The number of hydrogen-bond donors (Lipinski definition) is 0. The van der Waals surface area contributed by atoms with Gasteiger partial charge in [-0.05, 0) is 62.7 Å². The number of rotatable bonds is 11. The Morgan fingerprint density at radius 3 is 2.00 bits per heavy atom. The predicted molar refractivity (Wildman–Crippen MR) is 101 cm³/mol. The van der Waals surface area contributed by atoms with Crippen molar-refractivity contribution >= 4 is 17.9 Å². The Labute approximate surface area is 164 Å². The number of alkyl halides is 3. The highest BCUT2D eigenvalue weighted by Gasteiger charge is 2.55. The molecule has 0 aromatic heterocycles. The highest BCUT2D eigenvalue weighted by atomic mass is 32.2. The van der Waals surface area contributed by atoms with Crippen LogP contribution >= 0.6 is 11.9 Å². The van der Waals surface area contributed by atoms with Gasteiger partial charge in [0.1, 0.15) is 0 Å². The van der Waals surface area contributed by atoms with E-state index in [-0.39, 0.29) is 29.9 Å². The Balaban J connectivity index is 1.19. The number of unbranched alkanes of at least 4 members (excludes halogenated alkanes) is 5. The highest BCUT2D eigenvalue weighted by Crippen LogP contribution is 2.60. The quantitative estimate of drug-likeness (QED) is 0.220. The minimum Gasteiger partial charge on any atom is -0.599 e. The topological polar surface area (TPSA) is 40.4 Å². The zero-order chi connectivity index (χ0) is 19.3. The van der Waals surface area contributed by atoms with Crippen LogP contribution in [0.3, 0.4) is 0 Å². The van der Waals surface area contributed by atoms with Crippen molar-refractivity contribution in [2.45, 2.75) is 82.6 Å². The van der Waals surface area contributed by atoms with Gasteiger partial charge in [-0.2, -0.15) is 25.1 Å². The third kappa shape index (κ3) is 6.28. The molecular weight excluding hydrogens is 375 g/mol. The van der Waals surface area contributed by atoms with E-state index in [0.29, 0.717) is 13.0 Å². The van der Waals surface area contributed by atoms with Crippen molar-refractivity contribution in [3.05, 3.63) is 4.72 Å². The van der Waals surface area contributed by atoms with Gasteiger partial charge in [-0.15, -0.1) is 6.54 Å². The first kappa shape index (κ1) is 21.3. The number of esters is 1. The maximum absolute atomic E-state index is 12.7. The molecule has 0 radical (unpaired) electrons. The van der Waals surface area contributed by atoms with Crippen molar-refractivity contribution in [1.82, 2.24) is 0 Å². The van der Waals surface area contributed by atoms with Crippen molar-refractivity contribution in [2.75, 3.05) is 13.2 Å². The van der Waals surface area contributed by atoms with E-state index in [2.05, 4.69) is 4.72 Å². The normalized spacial score (nSPS) is 32.0. The van der Waals surface area contributed by atoms with Crippen molar-refractivity contribution < 1.29 is 22.7 Å². The summed E-state index contributed by atoms with van der Waals surface area (Å²) in [7, 11) is 0. The molecule has 4 aliphatic rings. The third-order valence-corrected chi connectivity index (χ3v) is 7.03. The second kappa shape index (κ2) is 9.38. The maximum atomic E-state index is 12.7. The predicted octanol–water partition coefficient (Wildman–Crippen LogP) is 6.63. The lowest BCUT2D eigenvalue weighted by Gasteiger charge is -2.55. The molecule has 0 atom stereocenters. The van der Waals surface area contributed by atoms with Gasteiger partial charge in [0.25, 0.3) is 0 Å². The molecule has 0 amide bonds. The molecule has 0 aromatic rings. The zero-order valence-corrected chi connectivity index (χ0v) is 16.8. The van der Waals surface area contributed by atoms with E-state index in [1.54, 1.807) is 0 Å². The summed E-state index contributed by atoms with van der Waals surface area (Å²) < 4.78 is 44.8. The molecule has 0 unspecified atom stereocenters. The fourth-order valence-corrected chi connectivity index (χ4v) is 6.15. The Morgan fingerprint density at radius 2 is 1.44 bits per heavy atom. The summed E-state index contributed by atoms with van der Waals surface area (Å²) in [5.41, 5.74) is -4.42. The molecular formula is C20H31F3NO2S-. The van der Waals surface area contributed by atoms with Gasteiger partial charge < -0.3 is 9.46 Å². The summed E-state index contributed by atoms with van der Waals surface area (Å²) >= 11 is -0.292. The van der Waals surface area contributed by atoms with Crippen molar-refractivity contribution in [3.8, 4) is 0 Å². The molecule has 4 saturated carbocycles. The van der Waals surface area contributed by atoms with Crippen LogP contribution in [0.4, 0.5) is 13.2 Å². The van der Waals surface area contributed by atoms with Crippen LogP contribution in [0.15, 0.2) is 0 Å². The Kier molecular flexibility index (Phi) is 7.39. The van der Waals surface area contributed by atoms with E-state index in [1.807, 2.05) is 0 Å². The van der Waals surface area contributed by atoms with Crippen LogP contribution in [0, 0.1) is 23.2 Å². The molecule has 156 valence electrons. The molecule has 3 nitrogen and oxygen atoms in total. The molecule has 4 rings (SSSR count). The molecule has 0 N–H and O–H groups in total. The van der Waals surface area contributed by atoms with Crippen LogP contribution in [0.2, 0.25) is 0 Å². The molecule has 0 saturated heterocycles. The fraction of sp³-hybridized carbons (Fsp3) is 0.950. The summed E-state index contributed by atoms with van der Waals surface area (Å²) in [4.78, 5) is 12.7. The molecule has 4 aliphatic carbocycles.